The smallest absolute Gasteiger partial charge is 0.407 e. The van der Waals surface area contributed by atoms with Gasteiger partial charge in [0.1, 0.15) is 0 Å². The van der Waals surface area contributed by atoms with Gasteiger partial charge >= 0.3 is 6.09 Å². The fraction of sp³-hybridized carbons (Fsp3) is 0.588. The van der Waals surface area contributed by atoms with Gasteiger partial charge in [-0.15, -0.1) is 0 Å². The van der Waals surface area contributed by atoms with Crippen molar-refractivity contribution in [3.05, 3.63) is 35.9 Å². The summed E-state index contributed by atoms with van der Waals surface area (Å²) in [6.45, 7) is 1.000. The van der Waals surface area contributed by atoms with Gasteiger partial charge in [0.15, 0.2) is 0 Å². The van der Waals surface area contributed by atoms with Crippen molar-refractivity contribution in [2.45, 2.75) is 56.8 Å². The van der Waals surface area contributed by atoms with Crippen LogP contribution in [0.4, 0.5) is 4.79 Å². The van der Waals surface area contributed by atoms with Crippen molar-refractivity contribution in [3.8, 4) is 0 Å². The minimum absolute atomic E-state index is 0.185. The maximum atomic E-state index is 11.2. The first-order valence-electron chi connectivity index (χ1n) is 7.90. The van der Waals surface area contributed by atoms with Gasteiger partial charge in [-0.05, 0) is 31.2 Å². The number of nitrogens with zero attached hydrogens (tertiary/aromatic N) is 2. The number of piperidine rings is 2. The maximum Gasteiger partial charge on any atom is 0.407 e. The predicted molar refractivity (Wildman–Crippen MR) is 82.2 cm³/mol. The fourth-order valence-corrected chi connectivity index (χ4v) is 3.97. The Hall–Kier alpha value is -1.55. The summed E-state index contributed by atoms with van der Waals surface area (Å²) in [5.41, 5.74) is 1.36. The second-order valence-electron chi connectivity index (χ2n) is 6.42. The Kier molecular flexibility index (Phi) is 4.15. The largest absolute Gasteiger partial charge is 0.465 e. The number of hydrogen-bond donors (Lipinski definition) is 1. The Balaban J connectivity index is 1.71. The molecule has 4 heteroatoms. The normalized spacial score (nSPS) is 29.1. The van der Waals surface area contributed by atoms with Gasteiger partial charge < -0.3 is 10.0 Å². The van der Waals surface area contributed by atoms with Gasteiger partial charge in [0.2, 0.25) is 0 Å². The van der Waals surface area contributed by atoms with Crippen molar-refractivity contribution in [2.24, 2.45) is 0 Å². The zero-order valence-electron chi connectivity index (χ0n) is 12.6. The highest BCUT2D eigenvalue weighted by molar-refractivity contribution is 5.65. The lowest BCUT2D eigenvalue weighted by molar-refractivity contribution is -0.00485. The van der Waals surface area contributed by atoms with Crippen molar-refractivity contribution in [1.29, 1.82) is 0 Å². The predicted octanol–water partition coefficient (Wildman–Crippen LogP) is 3.18. The molecule has 21 heavy (non-hydrogen) atoms. The summed E-state index contributed by atoms with van der Waals surface area (Å²) in [5, 5.41) is 9.21. The van der Waals surface area contributed by atoms with Gasteiger partial charge in [0, 0.05) is 31.7 Å². The van der Waals surface area contributed by atoms with Gasteiger partial charge in [-0.2, -0.15) is 0 Å². The Bertz CT molecular complexity index is 477. The lowest BCUT2D eigenvalue weighted by atomic mass is 9.81. The quantitative estimate of drug-likeness (QED) is 0.929. The zero-order chi connectivity index (χ0) is 14.8. The van der Waals surface area contributed by atoms with E-state index in [4.69, 9.17) is 0 Å². The molecule has 3 rings (SSSR count). The van der Waals surface area contributed by atoms with E-state index in [0.717, 1.165) is 19.4 Å². The van der Waals surface area contributed by atoms with Crippen LogP contribution in [-0.2, 0) is 6.54 Å². The maximum absolute atomic E-state index is 11.2. The molecule has 1 aromatic carbocycles. The Morgan fingerprint density at radius 3 is 2.43 bits per heavy atom. The van der Waals surface area contributed by atoms with E-state index in [1.807, 2.05) is 0 Å². The van der Waals surface area contributed by atoms with Crippen LogP contribution in [0.25, 0.3) is 0 Å². The number of amides is 1. The van der Waals surface area contributed by atoms with Gasteiger partial charge in [-0.25, -0.2) is 4.79 Å². The van der Waals surface area contributed by atoms with Crippen LogP contribution in [0.15, 0.2) is 30.3 Å². The molecule has 0 aromatic heterocycles. The molecule has 2 bridgehead atoms. The van der Waals surface area contributed by atoms with E-state index in [2.05, 4.69) is 35.2 Å². The molecule has 0 aliphatic carbocycles. The van der Waals surface area contributed by atoms with Crippen molar-refractivity contribution in [2.75, 3.05) is 7.05 Å². The van der Waals surface area contributed by atoms with Gasteiger partial charge in [-0.3, -0.25) is 4.90 Å². The summed E-state index contributed by atoms with van der Waals surface area (Å²) >= 11 is 0. The fourth-order valence-electron chi connectivity index (χ4n) is 3.97. The van der Waals surface area contributed by atoms with Crippen LogP contribution in [0.1, 0.15) is 37.7 Å². The number of fused-ring (bicyclic) bond motifs is 2. The molecule has 1 amide bonds. The molecule has 0 spiro atoms. The Morgan fingerprint density at radius 1 is 1.24 bits per heavy atom. The average molecular weight is 288 g/mol. The molecule has 2 aliphatic rings. The van der Waals surface area contributed by atoms with Gasteiger partial charge in [0.05, 0.1) is 0 Å². The van der Waals surface area contributed by atoms with Crippen LogP contribution >= 0.6 is 0 Å². The minimum Gasteiger partial charge on any atom is -0.465 e. The zero-order valence-corrected chi connectivity index (χ0v) is 12.6. The van der Waals surface area contributed by atoms with Crippen molar-refractivity contribution >= 4 is 6.09 Å². The number of carbonyl (C=O) groups is 1. The molecular weight excluding hydrogens is 264 g/mol. The summed E-state index contributed by atoms with van der Waals surface area (Å²) in [4.78, 5) is 15.3. The topological polar surface area (TPSA) is 43.8 Å². The van der Waals surface area contributed by atoms with E-state index < -0.39 is 6.09 Å². The van der Waals surface area contributed by atoms with Gasteiger partial charge in [0.25, 0.3) is 0 Å². The summed E-state index contributed by atoms with van der Waals surface area (Å²) in [5.74, 6) is 0. The number of hydrogen-bond acceptors (Lipinski definition) is 2. The summed E-state index contributed by atoms with van der Waals surface area (Å²) in [6, 6.07) is 11.9. The van der Waals surface area contributed by atoms with E-state index in [1.54, 1.807) is 7.05 Å². The highest BCUT2D eigenvalue weighted by Crippen LogP contribution is 2.36. The third kappa shape index (κ3) is 3.05. The van der Waals surface area contributed by atoms with Crippen LogP contribution in [-0.4, -0.2) is 46.2 Å². The monoisotopic (exact) mass is 288 g/mol. The molecule has 0 unspecified atom stereocenters. The van der Waals surface area contributed by atoms with Crippen LogP contribution in [0.3, 0.4) is 0 Å². The standard InChI is InChI=1S/C17H24N2O2/c1-18(17(20)21)16-10-14-8-5-9-15(11-16)19(14)12-13-6-3-2-4-7-13/h2-4,6-7,14-16H,5,8-12H2,1H3,(H,20,21)/t14-,15+,16+. The second-order valence-corrected chi connectivity index (χ2v) is 6.42. The SMILES string of the molecule is CN(C(=O)O)[C@H]1C[C@H]2CCC[C@@H](C1)N2Cc1ccccc1. The molecule has 1 N–H and O–H groups in total. The van der Waals surface area contributed by atoms with Gasteiger partial charge in [-0.1, -0.05) is 36.8 Å². The summed E-state index contributed by atoms with van der Waals surface area (Å²) in [6.07, 6.45) is 4.85. The molecule has 114 valence electrons. The Labute approximate surface area is 126 Å². The van der Waals surface area contributed by atoms with Crippen molar-refractivity contribution < 1.29 is 9.90 Å². The molecule has 2 saturated heterocycles. The van der Waals surface area contributed by atoms with Crippen molar-refractivity contribution in [1.82, 2.24) is 9.80 Å². The van der Waals surface area contributed by atoms with Crippen LogP contribution in [0.5, 0.6) is 0 Å². The summed E-state index contributed by atoms with van der Waals surface area (Å²) in [7, 11) is 1.72. The van der Waals surface area contributed by atoms with E-state index in [0.29, 0.717) is 12.1 Å². The number of rotatable bonds is 3. The third-order valence-electron chi connectivity index (χ3n) is 5.16. The highest BCUT2D eigenvalue weighted by Gasteiger charge is 2.40. The second kappa shape index (κ2) is 6.06. The molecule has 2 aliphatic heterocycles. The molecule has 1 aromatic rings. The van der Waals surface area contributed by atoms with E-state index in [-0.39, 0.29) is 6.04 Å². The van der Waals surface area contributed by atoms with E-state index in [9.17, 15) is 9.90 Å². The highest BCUT2D eigenvalue weighted by atomic mass is 16.4. The molecule has 4 nitrogen and oxygen atoms in total. The lowest BCUT2D eigenvalue weighted by Crippen LogP contribution is -2.56. The average Bonchev–Trinajstić information content (AvgIpc) is 2.47. The molecule has 2 fully saturated rings. The van der Waals surface area contributed by atoms with E-state index >= 15 is 0 Å². The molecule has 2 heterocycles. The van der Waals surface area contributed by atoms with Crippen LogP contribution < -0.4 is 0 Å². The van der Waals surface area contributed by atoms with Crippen LogP contribution in [0, 0.1) is 0 Å². The van der Waals surface area contributed by atoms with E-state index in [1.165, 1.54) is 29.7 Å². The number of benzene rings is 1. The van der Waals surface area contributed by atoms with Crippen LogP contribution in [0.2, 0.25) is 0 Å². The third-order valence-corrected chi connectivity index (χ3v) is 5.16. The van der Waals surface area contributed by atoms with Crippen molar-refractivity contribution in [3.63, 3.8) is 0 Å². The first-order valence-corrected chi connectivity index (χ1v) is 7.90. The molecule has 0 radical (unpaired) electrons. The lowest BCUT2D eigenvalue weighted by Gasteiger charge is -2.50. The number of carboxylic acid groups (broad SMARTS) is 1. The first kappa shape index (κ1) is 14.4. The molecular formula is C17H24N2O2. The summed E-state index contributed by atoms with van der Waals surface area (Å²) < 4.78 is 0. The molecule has 0 saturated carbocycles. The Morgan fingerprint density at radius 2 is 1.86 bits per heavy atom. The first-order chi connectivity index (χ1) is 10.1. The molecule has 3 atom stereocenters. The minimum atomic E-state index is -0.797.